The molecule has 0 aromatic carbocycles. The first-order valence-electron chi connectivity index (χ1n) is 3.93. The van der Waals surface area contributed by atoms with Crippen molar-refractivity contribution in [3.8, 4) is 0 Å². The predicted octanol–water partition coefficient (Wildman–Crippen LogP) is 2.71. The Labute approximate surface area is 57.0 Å². The Balaban J connectivity index is 1.98. The van der Waals surface area contributed by atoms with Crippen molar-refractivity contribution < 1.29 is 0 Å². The Kier molecular flexibility index (Phi) is 1.14. The minimum absolute atomic E-state index is 0.978. The topological polar surface area (TPSA) is 0 Å². The van der Waals surface area contributed by atoms with Crippen molar-refractivity contribution in [3.63, 3.8) is 0 Å². The second-order valence-electron chi connectivity index (χ2n) is 3.38. The lowest BCUT2D eigenvalue weighted by molar-refractivity contribution is 0.504. The molecule has 0 fully saturated rings. The lowest BCUT2D eigenvalue weighted by Gasteiger charge is -2.06. The smallest absolute Gasteiger partial charge is 0.0116 e. The molecule has 0 atom stereocenters. The SMILES string of the molecule is CC1CCC2=C([CH]2)CC1. The van der Waals surface area contributed by atoms with Crippen molar-refractivity contribution >= 4 is 0 Å². The van der Waals surface area contributed by atoms with Crippen LogP contribution in [0, 0.1) is 12.3 Å². The van der Waals surface area contributed by atoms with Gasteiger partial charge in [-0.3, -0.25) is 0 Å². The number of hydrogen-bond acceptors (Lipinski definition) is 0. The summed E-state index contributed by atoms with van der Waals surface area (Å²) in [7, 11) is 0. The van der Waals surface area contributed by atoms with E-state index in [0.717, 1.165) is 5.92 Å². The second kappa shape index (κ2) is 1.86. The molecule has 0 aromatic heterocycles. The first-order chi connectivity index (χ1) is 4.36. The van der Waals surface area contributed by atoms with Crippen molar-refractivity contribution in [2.75, 3.05) is 0 Å². The molecule has 0 amide bonds. The van der Waals surface area contributed by atoms with E-state index in [2.05, 4.69) is 13.3 Å². The van der Waals surface area contributed by atoms with Gasteiger partial charge in [0, 0.05) is 6.42 Å². The van der Waals surface area contributed by atoms with E-state index < -0.39 is 0 Å². The van der Waals surface area contributed by atoms with Crippen LogP contribution in [0.4, 0.5) is 0 Å². The summed E-state index contributed by atoms with van der Waals surface area (Å²) in [5, 5.41) is 0. The maximum atomic E-state index is 2.37. The van der Waals surface area contributed by atoms with Crippen LogP contribution < -0.4 is 0 Å². The van der Waals surface area contributed by atoms with Crippen LogP contribution in [0.5, 0.6) is 0 Å². The summed E-state index contributed by atoms with van der Waals surface area (Å²) in [6, 6.07) is 0. The third kappa shape index (κ3) is 1.03. The van der Waals surface area contributed by atoms with Crippen LogP contribution in [-0.2, 0) is 0 Å². The van der Waals surface area contributed by atoms with Crippen molar-refractivity contribution in [1.29, 1.82) is 0 Å². The maximum absolute atomic E-state index is 2.37. The van der Waals surface area contributed by atoms with Crippen molar-refractivity contribution in [2.24, 2.45) is 5.92 Å². The fourth-order valence-electron chi connectivity index (χ4n) is 1.59. The predicted molar refractivity (Wildman–Crippen MR) is 39.0 cm³/mol. The average Bonchev–Trinajstić information content (AvgIpc) is 2.54. The minimum atomic E-state index is 0.978. The molecular weight excluding hydrogens is 108 g/mol. The molecule has 2 aliphatic rings. The second-order valence-corrected chi connectivity index (χ2v) is 3.38. The van der Waals surface area contributed by atoms with Crippen LogP contribution in [0.3, 0.4) is 0 Å². The van der Waals surface area contributed by atoms with Crippen LogP contribution >= 0.6 is 0 Å². The average molecular weight is 121 g/mol. The van der Waals surface area contributed by atoms with E-state index in [9.17, 15) is 0 Å². The van der Waals surface area contributed by atoms with E-state index in [-0.39, 0.29) is 0 Å². The molecule has 9 heavy (non-hydrogen) atoms. The standard InChI is InChI=1S/C9H13/c1-7-2-4-8-6-9(8)5-3-7/h6-7H,2-5H2,1H3. The van der Waals surface area contributed by atoms with Gasteiger partial charge in [-0.25, -0.2) is 0 Å². The molecule has 0 aliphatic heterocycles. The molecule has 0 N–H and O–H groups in total. The van der Waals surface area contributed by atoms with E-state index in [1.807, 2.05) is 0 Å². The zero-order valence-corrected chi connectivity index (χ0v) is 5.98. The summed E-state index contributed by atoms with van der Waals surface area (Å²) in [4.78, 5) is 0. The first-order valence-corrected chi connectivity index (χ1v) is 3.93. The third-order valence-electron chi connectivity index (χ3n) is 2.49. The molecule has 2 rings (SSSR count). The Morgan fingerprint density at radius 2 is 1.78 bits per heavy atom. The molecule has 0 bridgehead atoms. The molecular formula is C9H13. The van der Waals surface area contributed by atoms with Crippen molar-refractivity contribution in [1.82, 2.24) is 0 Å². The van der Waals surface area contributed by atoms with Crippen LogP contribution in [0.2, 0.25) is 0 Å². The minimum Gasteiger partial charge on any atom is -0.0625 e. The fraction of sp³-hybridized carbons (Fsp3) is 0.667. The first kappa shape index (κ1) is 5.52. The molecule has 0 spiro atoms. The van der Waals surface area contributed by atoms with Gasteiger partial charge in [0.05, 0.1) is 0 Å². The molecule has 0 heteroatoms. The normalized spacial score (nSPS) is 27.7. The maximum Gasteiger partial charge on any atom is 0.0116 e. The largest absolute Gasteiger partial charge is 0.0625 e. The molecule has 0 nitrogen and oxygen atoms in total. The number of hydrogen-bond donors (Lipinski definition) is 0. The van der Waals surface area contributed by atoms with Gasteiger partial charge < -0.3 is 0 Å². The lowest BCUT2D eigenvalue weighted by Crippen LogP contribution is -1.92. The zero-order valence-electron chi connectivity index (χ0n) is 5.98. The molecule has 1 radical (unpaired) electrons. The monoisotopic (exact) mass is 121 g/mol. The van der Waals surface area contributed by atoms with E-state index in [1.165, 1.54) is 25.7 Å². The molecule has 0 saturated heterocycles. The van der Waals surface area contributed by atoms with Crippen LogP contribution in [0.25, 0.3) is 0 Å². The molecule has 0 unspecified atom stereocenters. The van der Waals surface area contributed by atoms with Gasteiger partial charge in [0.25, 0.3) is 0 Å². The third-order valence-corrected chi connectivity index (χ3v) is 2.49. The van der Waals surface area contributed by atoms with Gasteiger partial charge in [-0.05, 0) is 31.6 Å². The van der Waals surface area contributed by atoms with Gasteiger partial charge in [0.2, 0.25) is 0 Å². The van der Waals surface area contributed by atoms with Crippen LogP contribution in [-0.4, -0.2) is 0 Å². The van der Waals surface area contributed by atoms with Gasteiger partial charge in [0.15, 0.2) is 0 Å². The highest BCUT2D eigenvalue weighted by Gasteiger charge is 2.24. The van der Waals surface area contributed by atoms with E-state index in [1.54, 1.807) is 11.1 Å². The number of rotatable bonds is 0. The van der Waals surface area contributed by atoms with Gasteiger partial charge in [0.1, 0.15) is 0 Å². The zero-order chi connectivity index (χ0) is 6.27. The van der Waals surface area contributed by atoms with Gasteiger partial charge in [-0.15, -0.1) is 0 Å². The molecule has 0 heterocycles. The fourth-order valence-corrected chi connectivity index (χ4v) is 1.59. The van der Waals surface area contributed by atoms with Gasteiger partial charge in [-0.2, -0.15) is 0 Å². The quantitative estimate of drug-likeness (QED) is 0.462. The molecule has 2 aliphatic carbocycles. The number of allylic oxidation sites excluding steroid dienone is 2. The molecule has 0 saturated carbocycles. The summed E-state index contributed by atoms with van der Waals surface area (Å²) in [5.41, 5.74) is 3.36. The van der Waals surface area contributed by atoms with Gasteiger partial charge >= 0.3 is 0 Å². The van der Waals surface area contributed by atoms with Gasteiger partial charge in [-0.1, -0.05) is 18.1 Å². The molecule has 0 aromatic rings. The van der Waals surface area contributed by atoms with E-state index in [4.69, 9.17) is 0 Å². The Morgan fingerprint density at radius 1 is 1.22 bits per heavy atom. The molecule has 49 valence electrons. The Hall–Kier alpha value is -0.260. The van der Waals surface area contributed by atoms with E-state index >= 15 is 0 Å². The summed E-state index contributed by atoms with van der Waals surface area (Å²) in [6.07, 6.45) is 7.96. The highest BCUT2D eigenvalue weighted by Crippen LogP contribution is 2.41. The van der Waals surface area contributed by atoms with Crippen LogP contribution in [0.15, 0.2) is 11.1 Å². The highest BCUT2D eigenvalue weighted by molar-refractivity contribution is 5.50. The summed E-state index contributed by atoms with van der Waals surface area (Å²) >= 11 is 0. The summed E-state index contributed by atoms with van der Waals surface area (Å²) in [5.74, 6) is 0.978. The Bertz CT molecular complexity index is 137. The van der Waals surface area contributed by atoms with E-state index in [0.29, 0.717) is 0 Å². The van der Waals surface area contributed by atoms with Crippen molar-refractivity contribution in [2.45, 2.75) is 32.6 Å². The Morgan fingerprint density at radius 3 is 2.33 bits per heavy atom. The lowest BCUT2D eigenvalue weighted by atomic mass is 10.00. The van der Waals surface area contributed by atoms with Crippen molar-refractivity contribution in [3.05, 3.63) is 17.6 Å². The summed E-state index contributed by atoms with van der Waals surface area (Å²) in [6.45, 7) is 2.37. The van der Waals surface area contributed by atoms with Crippen LogP contribution in [0.1, 0.15) is 32.6 Å². The summed E-state index contributed by atoms with van der Waals surface area (Å²) < 4.78 is 0. The highest BCUT2D eigenvalue weighted by atomic mass is 14.3.